The molecule has 0 N–H and O–H groups in total. The lowest BCUT2D eigenvalue weighted by atomic mass is 9.78. The Morgan fingerprint density at radius 2 is 1.62 bits per heavy atom. The average molecular weight is 511 g/mol. The first-order valence-electron chi connectivity index (χ1n) is 13.1. The van der Waals surface area contributed by atoms with Crippen LogP contribution in [0.1, 0.15) is 68.9 Å². The lowest BCUT2D eigenvalue weighted by Crippen LogP contribution is -2.25. The van der Waals surface area contributed by atoms with Gasteiger partial charge in [0, 0.05) is 11.6 Å². The molecule has 3 aromatic rings. The van der Waals surface area contributed by atoms with E-state index in [-0.39, 0.29) is 17.3 Å². The molecule has 4 rings (SSSR count). The molecule has 0 amide bonds. The van der Waals surface area contributed by atoms with E-state index in [0.717, 1.165) is 24.8 Å². The summed E-state index contributed by atoms with van der Waals surface area (Å²) < 4.78 is 55.1. The second-order valence-corrected chi connectivity index (χ2v) is 9.81. The van der Waals surface area contributed by atoms with Crippen LogP contribution in [0.4, 0.5) is 13.2 Å². The molecule has 1 fully saturated rings. The normalized spacial score (nSPS) is 17.4. The largest absolute Gasteiger partial charge is 0.493 e. The molecule has 0 spiro atoms. The minimum atomic E-state index is -1.18. The molecule has 0 saturated heterocycles. The van der Waals surface area contributed by atoms with Gasteiger partial charge in [-0.2, -0.15) is 4.39 Å². The van der Waals surface area contributed by atoms with Gasteiger partial charge in [0.15, 0.2) is 11.6 Å². The van der Waals surface area contributed by atoms with Gasteiger partial charge in [-0.25, -0.2) is 8.78 Å². The molecule has 37 heavy (non-hydrogen) atoms. The molecule has 0 heterocycles. The molecule has 3 nitrogen and oxygen atoms in total. The summed E-state index contributed by atoms with van der Waals surface area (Å²) in [6.45, 7) is 4.60. The van der Waals surface area contributed by atoms with Crippen molar-refractivity contribution in [3.8, 4) is 22.6 Å². The number of ether oxygens (including phenoxy) is 2. The summed E-state index contributed by atoms with van der Waals surface area (Å²) in [6.07, 6.45) is 5.31. The van der Waals surface area contributed by atoms with Crippen LogP contribution >= 0.6 is 0 Å². The summed E-state index contributed by atoms with van der Waals surface area (Å²) in [5.74, 6) is -3.47. The second kappa shape index (κ2) is 12.3. The van der Waals surface area contributed by atoms with Gasteiger partial charge < -0.3 is 9.47 Å². The number of hydrogen-bond acceptors (Lipinski definition) is 3. The molecule has 1 saturated carbocycles. The Morgan fingerprint density at radius 1 is 0.892 bits per heavy atom. The van der Waals surface area contributed by atoms with Crippen molar-refractivity contribution in [2.45, 2.75) is 64.7 Å². The van der Waals surface area contributed by atoms with Crippen LogP contribution in [0.5, 0.6) is 11.5 Å². The number of halogens is 3. The molecule has 6 heteroatoms. The first-order chi connectivity index (χ1) is 17.9. The minimum Gasteiger partial charge on any atom is -0.493 e. The highest BCUT2D eigenvalue weighted by Crippen LogP contribution is 2.39. The van der Waals surface area contributed by atoms with Crippen molar-refractivity contribution in [1.82, 2.24) is 0 Å². The van der Waals surface area contributed by atoms with E-state index < -0.39 is 29.3 Å². The van der Waals surface area contributed by atoms with Gasteiger partial charge in [0.05, 0.1) is 12.5 Å². The maximum atomic E-state index is 14.8. The molecule has 3 aromatic carbocycles. The zero-order valence-corrected chi connectivity index (χ0v) is 21.4. The predicted octanol–water partition coefficient (Wildman–Crippen LogP) is 8.53. The number of aryl methyl sites for hydroxylation is 1. The van der Waals surface area contributed by atoms with Crippen LogP contribution in [0, 0.1) is 30.3 Å². The number of unbranched alkanes of at least 4 members (excludes halogenated alkanes) is 2. The topological polar surface area (TPSA) is 35.5 Å². The fraction of sp³-hybridized carbons (Fsp3) is 0.387. The standard InChI is InChI=1S/C31H33F3O3/c1-3-4-5-18-36-24-14-15-25(27(32)19-24)21-10-12-23(13-11-21)31(35)37-28-17-16-26(29(33)30(28)34)22-8-6-20(2)7-9-22/h6-9,14-17,19,21,23H,3-5,10-13,18H2,1-2H3. The van der Waals surface area contributed by atoms with Crippen LogP contribution in [-0.4, -0.2) is 12.6 Å². The third-order valence-corrected chi connectivity index (χ3v) is 7.11. The summed E-state index contributed by atoms with van der Waals surface area (Å²) in [5, 5.41) is 0. The molecule has 1 aliphatic carbocycles. The van der Waals surface area contributed by atoms with Gasteiger partial charge in [-0.15, -0.1) is 0 Å². The Kier molecular flexibility index (Phi) is 8.91. The van der Waals surface area contributed by atoms with Crippen LogP contribution in [0.15, 0.2) is 54.6 Å². The molecule has 0 atom stereocenters. The van der Waals surface area contributed by atoms with E-state index in [2.05, 4.69) is 6.92 Å². The van der Waals surface area contributed by atoms with E-state index in [1.807, 2.05) is 19.1 Å². The van der Waals surface area contributed by atoms with Crippen LogP contribution in [-0.2, 0) is 4.79 Å². The van der Waals surface area contributed by atoms with Crippen LogP contribution < -0.4 is 9.47 Å². The Labute approximate surface area is 216 Å². The zero-order valence-electron chi connectivity index (χ0n) is 21.4. The SMILES string of the molecule is CCCCCOc1ccc(C2CCC(C(=O)Oc3ccc(-c4ccc(C)cc4)c(F)c3F)CC2)c(F)c1. The average Bonchev–Trinajstić information content (AvgIpc) is 2.90. The highest BCUT2D eigenvalue weighted by atomic mass is 19.2. The van der Waals surface area contributed by atoms with E-state index in [9.17, 15) is 18.0 Å². The summed E-state index contributed by atoms with van der Waals surface area (Å²) in [6, 6.07) is 14.8. The number of esters is 1. The third kappa shape index (κ3) is 6.54. The van der Waals surface area contributed by atoms with Crippen LogP contribution in [0.3, 0.4) is 0 Å². The van der Waals surface area contributed by atoms with E-state index >= 15 is 0 Å². The van der Waals surface area contributed by atoms with Crippen molar-refractivity contribution in [1.29, 1.82) is 0 Å². The zero-order chi connectivity index (χ0) is 26.4. The van der Waals surface area contributed by atoms with E-state index in [0.29, 0.717) is 49.2 Å². The Balaban J connectivity index is 1.34. The van der Waals surface area contributed by atoms with Gasteiger partial charge in [0.1, 0.15) is 11.6 Å². The Hall–Kier alpha value is -3.28. The molecule has 0 radical (unpaired) electrons. The quantitative estimate of drug-likeness (QED) is 0.164. The highest BCUT2D eigenvalue weighted by Gasteiger charge is 2.30. The van der Waals surface area contributed by atoms with Gasteiger partial charge >= 0.3 is 5.97 Å². The molecule has 0 unspecified atom stereocenters. The number of carbonyl (C=O) groups excluding carboxylic acids is 1. The maximum Gasteiger partial charge on any atom is 0.314 e. The Morgan fingerprint density at radius 3 is 2.30 bits per heavy atom. The van der Waals surface area contributed by atoms with Gasteiger partial charge in [0.2, 0.25) is 5.82 Å². The summed E-state index contributed by atoms with van der Waals surface area (Å²) >= 11 is 0. The molecule has 196 valence electrons. The van der Waals surface area contributed by atoms with Crippen molar-refractivity contribution >= 4 is 5.97 Å². The molecule has 0 aromatic heterocycles. The summed E-state index contributed by atoms with van der Waals surface area (Å²) in [7, 11) is 0. The van der Waals surface area contributed by atoms with Gasteiger partial charge in [-0.3, -0.25) is 4.79 Å². The highest BCUT2D eigenvalue weighted by molar-refractivity contribution is 5.76. The first kappa shape index (κ1) is 26.8. The molecule has 0 aliphatic heterocycles. The number of carbonyl (C=O) groups is 1. The first-order valence-corrected chi connectivity index (χ1v) is 13.1. The fourth-order valence-corrected chi connectivity index (χ4v) is 4.87. The van der Waals surface area contributed by atoms with E-state index in [1.54, 1.807) is 24.3 Å². The van der Waals surface area contributed by atoms with Crippen LogP contribution in [0.2, 0.25) is 0 Å². The third-order valence-electron chi connectivity index (χ3n) is 7.11. The lowest BCUT2D eigenvalue weighted by Gasteiger charge is -2.28. The number of benzene rings is 3. The molecular weight excluding hydrogens is 477 g/mol. The van der Waals surface area contributed by atoms with Crippen molar-refractivity contribution in [2.75, 3.05) is 6.61 Å². The summed E-state index contributed by atoms with van der Waals surface area (Å²) in [4.78, 5) is 12.7. The molecular formula is C31H33F3O3. The minimum absolute atomic E-state index is 0.0128. The smallest absolute Gasteiger partial charge is 0.314 e. The Bertz CT molecular complexity index is 1220. The van der Waals surface area contributed by atoms with E-state index in [4.69, 9.17) is 9.47 Å². The number of rotatable bonds is 9. The van der Waals surface area contributed by atoms with Crippen molar-refractivity contribution in [3.63, 3.8) is 0 Å². The monoisotopic (exact) mass is 510 g/mol. The fourth-order valence-electron chi connectivity index (χ4n) is 4.87. The van der Waals surface area contributed by atoms with E-state index in [1.165, 1.54) is 18.2 Å². The molecule has 1 aliphatic rings. The maximum absolute atomic E-state index is 14.8. The van der Waals surface area contributed by atoms with Crippen molar-refractivity contribution in [2.24, 2.45) is 5.92 Å². The predicted molar refractivity (Wildman–Crippen MR) is 138 cm³/mol. The lowest BCUT2D eigenvalue weighted by molar-refractivity contribution is -0.140. The van der Waals surface area contributed by atoms with Gasteiger partial charge in [-0.05, 0) is 74.3 Å². The van der Waals surface area contributed by atoms with Gasteiger partial charge in [0.25, 0.3) is 0 Å². The van der Waals surface area contributed by atoms with Crippen LogP contribution in [0.25, 0.3) is 11.1 Å². The number of hydrogen-bond donors (Lipinski definition) is 0. The summed E-state index contributed by atoms with van der Waals surface area (Å²) in [5.41, 5.74) is 2.28. The van der Waals surface area contributed by atoms with Crippen molar-refractivity contribution in [3.05, 3.63) is 83.2 Å². The van der Waals surface area contributed by atoms with Gasteiger partial charge in [-0.1, -0.05) is 55.7 Å². The second-order valence-electron chi connectivity index (χ2n) is 9.81. The van der Waals surface area contributed by atoms with Crippen molar-refractivity contribution < 1.29 is 27.4 Å². The molecule has 0 bridgehead atoms.